The second kappa shape index (κ2) is 9.53. The number of rotatable bonds is 5. The molecular weight excluding hydrogens is 401 g/mol. The van der Waals surface area contributed by atoms with E-state index in [0.717, 1.165) is 6.07 Å². The first-order valence-corrected chi connectivity index (χ1v) is 9.12. The van der Waals surface area contributed by atoms with Crippen molar-refractivity contribution in [2.24, 2.45) is 5.73 Å². The maximum absolute atomic E-state index is 14.1. The first-order valence-electron chi connectivity index (χ1n) is 9.12. The van der Waals surface area contributed by atoms with Crippen LogP contribution >= 0.6 is 0 Å². The summed E-state index contributed by atoms with van der Waals surface area (Å²) in [5.41, 5.74) is 3.64. The minimum atomic E-state index is -0.993. The predicted octanol–water partition coefficient (Wildman–Crippen LogP) is 2.85. The molecule has 10 nitrogen and oxygen atoms in total. The van der Waals surface area contributed by atoms with Crippen LogP contribution in [-0.4, -0.2) is 59.5 Å². The van der Waals surface area contributed by atoms with Gasteiger partial charge >= 0.3 is 12.2 Å². The number of ether oxygens (including phenoxy) is 3. The zero-order chi connectivity index (χ0) is 22.5. The molecule has 0 radical (unpaired) electrons. The third-order valence-corrected chi connectivity index (χ3v) is 4.07. The van der Waals surface area contributed by atoms with Crippen LogP contribution in [-0.2, 0) is 14.2 Å². The molecule has 0 aromatic heterocycles. The van der Waals surface area contributed by atoms with Gasteiger partial charge in [-0.2, -0.15) is 0 Å². The lowest BCUT2D eigenvalue weighted by molar-refractivity contribution is -0.385. The second-order valence-corrected chi connectivity index (χ2v) is 7.58. The van der Waals surface area contributed by atoms with Crippen molar-refractivity contribution in [2.45, 2.75) is 38.5 Å². The van der Waals surface area contributed by atoms with Gasteiger partial charge in [0.15, 0.2) is 0 Å². The number of carbonyl (C=O) groups is 2. The molecule has 2 unspecified atom stereocenters. The van der Waals surface area contributed by atoms with E-state index in [1.807, 2.05) is 0 Å². The van der Waals surface area contributed by atoms with Gasteiger partial charge in [0, 0.05) is 6.07 Å². The zero-order valence-corrected chi connectivity index (χ0v) is 16.9. The molecule has 0 bridgehead atoms. The van der Waals surface area contributed by atoms with Crippen LogP contribution < -0.4 is 5.73 Å². The molecule has 1 saturated heterocycles. The number of hydrogen-bond acceptors (Lipinski definition) is 7. The number of benzene rings is 1. The smallest absolute Gasteiger partial charge is 0.410 e. The molecule has 30 heavy (non-hydrogen) atoms. The molecule has 1 aliphatic rings. The van der Waals surface area contributed by atoms with Crippen LogP contribution in [0.15, 0.2) is 24.3 Å². The molecule has 2 N–H and O–H groups in total. The van der Waals surface area contributed by atoms with Crippen LogP contribution in [0.2, 0.25) is 0 Å². The predicted molar refractivity (Wildman–Crippen MR) is 104 cm³/mol. The Morgan fingerprint density at radius 3 is 2.73 bits per heavy atom. The van der Waals surface area contributed by atoms with E-state index in [2.05, 4.69) is 0 Å². The highest BCUT2D eigenvalue weighted by Crippen LogP contribution is 2.24. The Morgan fingerprint density at radius 2 is 2.13 bits per heavy atom. The lowest BCUT2D eigenvalue weighted by atomic mass is 10.1. The van der Waals surface area contributed by atoms with Crippen LogP contribution in [0.3, 0.4) is 0 Å². The molecule has 0 aliphatic carbocycles. The normalized spacial score (nSPS) is 19.5. The number of carbonyl (C=O) groups excluding carboxylic acids is 2. The monoisotopic (exact) mass is 425 g/mol. The lowest BCUT2D eigenvalue weighted by Gasteiger charge is -2.38. The van der Waals surface area contributed by atoms with Gasteiger partial charge in [-0.15, -0.1) is 0 Å². The molecule has 0 saturated carbocycles. The van der Waals surface area contributed by atoms with E-state index in [-0.39, 0.29) is 25.3 Å². The summed E-state index contributed by atoms with van der Waals surface area (Å²) in [7, 11) is 0. The number of amides is 2. The summed E-state index contributed by atoms with van der Waals surface area (Å²) in [6.07, 6.45) is 0.327. The molecule has 164 valence electrons. The maximum Gasteiger partial charge on any atom is 0.410 e. The Morgan fingerprint density at radius 1 is 1.43 bits per heavy atom. The number of hydrogen-bond donors (Lipinski definition) is 1. The molecule has 2 rings (SSSR count). The van der Waals surface area contributed by atoms with Crippen molar-refractivity contribution in [1.29, 1.82) is 0 Å². The van der Waals surface area contributed by atoms with Crippen molar-refractivity contribution in [1.82, 2.24) is 4.90 Å². The SMILES string of the molecule is CC(C)(C)OC(=O)N1CC(/C=C/c2c(F)cccc2[N+](=O)[O-])OCC1COC(N)=O. The average molecular weight is 425 g/mol. The molecule has 2 atom stereocenters. The Kier molecular flexibility index (Phi) is 7.33. The Balaban J connectivity index is 2.20. The maximum atomic E-state index is 14.1. The Bertz CT molecular complexity index is 838. The van der Waals surface area contributed by atoms with E-state index in [1.165, 1.54) is 29.2 Å². The molecule has 1 fully saturated rings. The van der Waals surface area contributed by atoms with Crippen molar-refractivity contribution in [3.05, 3.63) is 45.8 Å². The summed E-state index contributed by atoms with van der Waals surface area (Å²) in [6.45, 7) is 4.91. The summed E-state index contributed by atoms with van der Waals surface area (Å²) in [4.78, 5) is 35.3. The first-order chi connectivity index (χ1) is 14.0. The van der Waals surface area contributed by atoms with Crippen molar-refractivity contribution in [2.75, 3.05) is 19.8 Å². The van der Waals surface area contributed by atoms with Gasteiger partial charge in [0.1, 0.15) is 18.0 Å². The van der Waals surface area contributed by atoms with Crippen LogP contribution in [0.5, 0.6) is 0 Å². The van der Waals surface area contributed by atoms with Gasteiger partial charge < -0.3 is 19.9 Å². The summed E-state index contributed by atoms with van der Waals surface area (Å²) < 4.78 is 29.8. The lowest BCUT2D eigenvalue weighted by Crippen LogP contribution is -2.55. The number of nitro benzene ring substituents is 1. The van der Waals surface area contributed by atoms with Gasteiger partial charge in [-0.1, -0.05) is 12.1 Å². The standard InChI is InChI=1S/C19H24FN3O7/c1-19(2,3)30-18(25)22-9-13(28-10-12(22)11-29-17(21)24)7-8-14-15(20)5-4-6-16(14)23(26)27/h4-8,12-13H,9-11H2,1-3H3,(H2,21,24)/b8-7+. The fraction of sp³-hybridized carbons (Fsp3) is 0.474. The molecule has 1 aromatic carbocycles. The summed E-state index contributed by atoms with van der Waals surface area (Å²) in [5, 5.41) is 11.1. The summed E-state index contributed by atoms with van der Waals surface area (Å²) >= 11 is 0. The van der Waals surface area contributed by atoms with Crippen molar-refractivity contribution in [3.63, 3.8) is 0 Å². The van der Waals surface area contributed by atoms with Crippen molar-refractivity contribution >= 4 is 23.9 Å². The third-order valence-electron chi connectivity index (χ3n) is 4.07. The van der Waals surface area contributed by atoms with E-state index in [9.17, 15) is 24.1 Å². The molecule has 2 amide bonds. The van der Waals surface area contributed by atoms with Crippen LogP contribution in [0.25, 0.3) is 6.08 Å². The third kappa shape index (κ3) is 6.41. The second-order valence-electron chi connectivity index (χ2n) is 7.58. The van der Waals surface area contributed by atoms with Gasteiger partial charge in [0.2, 0.25) is 0 Å². The van der Waals surface area contributed by atoms with E-state index in [1.54, 1.807) is 20.8 Å². The zero-order valence-electron chi connectivity index (χ0n) is 16.9. The number of halogens is 1. The van der Waals surface area contributed by atoms with E-state index >= 15 is 0 Å². The fourth-order valence-corrected chi connectivity index (χ4v) is 2.75. The topological polar surface area (TPSA) is 134 Å². The highest BCUT2D eigenvalue weighted by molar-refractivity contribution is 5.69. The average Bonchev–Trinajstić information content (AvgIpc) is 2.63. The summed E-state index contributed by atoms with van der Waals surface area (Å²) in [6, 6.07) is 2.91. The molecular formula is C19H24FN3O7. The highest BCUT2D eigenvalue weighted by Gasteiger charge is 2.35. The Labute approximate surface area is 172 Å². The summed E-state index contributed by atoms with van der Waals surface area (Å²) in [5.74, 6) is -0.756. The molecule has 11 heteroatoms. The van der Waals surface area contributed by atoms with Crippen molar-refractivity contribution in [3.8, 4) is 0 Å². The molecule has 0 spiro atoms. The van der Waals surface area contributed by atoms with Crippen LogP contribution in [0, 0.1) is 15.9 Å². The van der Waals surface area contributed by atoms with Gasteiger partial charge in [-0.3, -0.25) is 15.0 Å². The number of nitro groups is 1. The molecule has 1 aromatic rings. The van der Waals surface area contributed by atoms with Gasteiger partial charge in [-0.05, 0) is 32.9 Å². The van der Waals surface area contributed by atoms with E-state index < -0.39 is 46.4 Å². The van der Waals surface area contributed by atoms with Crippen LogP contribution in [0.4, 0.5) is 19.7 Å². The van der Waals surface area contributed by atoms with Crippen LogP contribution in [0.1, 0.15) is 26.3 Å². The number of primary amides is 1. The number of morpholine rings is 1. The number of nitrogens with two attached hydrogens (primary N) is 1. The van der Waals surface area contributed by atoms with Gasteiger partial charge in [0.25, 0.3) is 5.69 Å². The minimum Gasteiger partial charge on any atom is -0.447 e. The fourth-order valence-electron chi connectivity index (χ4n) is 2.75. The van der Waals surface area contributed by atoms with Gasteiger partial charge in [0.05, 0.1) is 35.8 Å². The first kappa shape index (κ1) is 23.1. The number of nitrogens with zero attached hydrogens (tertiary/aromatic N) is 2. The van der Waals surface area contributed by atoms with E-state index in [0.29, 0.717) is 0 Å². The highest BCUT2D eigenvalue weighted by atomic mass is 19.1. The molecule has 1 aliphatic heterocycles. The van der Waals surface area contributed by atoms with Crippen molar-refractivity contribution < 1.29 is 33.1 Å². The van der Waals surface area contributed by atoms with Gasteiger partial charge in [-0.25, -0.2) is 14.0 Å². The largest absolute Gasteiger partial charge is 0.447 e. The molecule has 1 heterocycles. The Hall–Kier alpha value is -3.21. The van der Waals surface area contributed by atoms with E-state index in [4.69, 9.17) is 19.9 Å². The quantitative estimate of drug-likeness (QED) is 0.566. The minimum absolute atomic E-state index is 0.000449.